The van der Waals surface area contributed by atoms with Crippen LogP contribution in [0.2, 0.25) is 0 Å². The highest BCUT2D eigenvalue weighted by molar-refractivity contribution is 5.92. The summed E-state index contributed by atoms with van der Waals surface area (Å²) in [7, 11) is 2.04. The van der Waals surface area contributed by atoms with Crippen molar-refractivity contribution in [3.63, 3.8) is 0 Å². The lowest BCUT2D eigenvalue weighted by Crippen LogP contribution is -2.49. The third-order valence-electron chi connectivity index (χ3n) is 5.67. The summed E-state index contributed by atoms with van der Waals surface area (Å²) >= 11 is 0. The Morgan fingerprint density at radius 3 is 2.55 bits per heavy atom. The Morgan fingerprint density at radius 1 is 1.24 bits per heavy atom. The number of hydrogen-bond donors (Lipinski definition) is 1. The molecule has 1 aromatic carbocycles. The zero-order valence-corrected chi connectivity index (χ0v) is 17.2. The van der Waals surface area contributed by atoms with Gasteiger partial charge in [0.1, 0.15) is 5.82 Å². The highest BCUT2D eigenvalue weighted by Crippen LogP contribution is 2.39. The highest BCUT2D eigenvalue weighted by Gasteiger charge is 2.39. The zero-order valence-electron chi connectivity index (χ0n) is 17.2. The van der Waals surface area contributed by atoms with Crippen molar-refractivity contribution >= 4 is 5.91 Å². The summed E-state index contributed by atoms with van der Waals surface area (Å²) < 4.78 is 25.4. The van der Waals surface area contributed by atoms with E-state index in [1.165, 1.54) is 12.1 Å². The highest BCUT2D eigenvalue weighted by atomic mass is 19.1. The Hall–Kier alpha value is -1.96. The van der Waals surface area contributed by atoms with Crippen LogP contribution in [0.3, 0.4) is 0 Å². The SMILES string of the molecule is CCO[C@H]1OC(C(=O)N2CCN(C)CC2)=C[C@@H](c2ccc(F)cc2)[C@H]1CCCO. The lowest BCUT2D eigenvalue weighted by Gasteiger charge is -2.39. The molecule has 0 aromatic heterocycles. The fourth-order valence-electron chi connectivity index (χ4n) is 3.99. The van der Waals surface area contributed by atoms with Crippen LogP contribution in [-0.4, -0.2) is 73.5 Å². The van der Waals surface area contributed by atoms with Crippen LogP contribution >= 0.6 is 0 Å². The number of carbonyl (C=O) groups is 1. The third-order valence-corrected chi connectivity index (χ3v) is 5.67. The number of aliphatic hydroxyl groups is 1. The predicted octanol–water partition coefficient (Wildman–Crippen LogP) is 2.35. The lowest BCUT2D eigenvalue weighted by molar-refractivity contribution is -0.170. The number of benzene rings is 1. The van der Waals surface area contributed by atoms with Gasteiger partial charge in [-0.2, -0.15) is 0 Å². The number of nitrogens with zero attached hydrogens (tertiary/aromatic N) is 2. The fourth-order valence-corrected chi connectivity index (χ4v) is 3.99. The molecular formula is C22H31FN2O4. The summed E-state index contributed by atoms with van der Waals surface area (Å²) in [6.45, 7) is 5.38. The summed E-state index contributed by atoms with van der Waals surface area (Å²) in [6, 6.07) is 6.35. The van der Waals surface area contributed by atoms with Gasteiger partial charge in [-0.15, -0.1) is 0 Å². The van der Waals surface area contributed by atoms with Crippen molar-refractivity contribution in [2.24, 2.45) is 5.92 Å². The van der Waals surface area contributed by atoms with Crippen LogP contribution in [-0.2, 0) is 14.3 Å². The van der Waals surface area contributed by atoms with Gasteiger partial charge >= 0.3 is 0 Å². The fraction of sp³-hybridized carbons (Fsp3) is 0.591. The Kier molecular flexibility index (Phi) is 7.64. The Labute approximate surface area is 171 Å². The second-order valence-electron chi connectivity index (χ2n) is 7.68. The van der Waals surface area contributed by atoms with E-state index in [-0.39, 0.29) is 30.2 Å². The smallest absolute Gasteiger partial charge is 0.288 e. The van der Waals surface area contributed by atoms with Crippen LogP contribution < -0.4 is 0 Å². The number of aliphatic hydroxyl groups excluding tert-OH is 1. The number of rotatable bonds is 7. The van der Waals surface area contributed by atoms with Crippen molar-refractivity contribution in [2.45, 2.75) is 32.0 Å². The molecule has 0 aliphatic carbocycles. The van der Waals surface area contributed by atoms with Crippen LogP contribution in [0, 0.1) is 11.7 Å². The molecule has 0 spiro atoms. The molecule has 2 aliphatic heterocycles. The van der Waals surface area contributed by atoms with E-state index in [4.69, 9.17) is 9.47 Å². The van der Waals surface area contributed by atoms with E-state index < -0.39 is 6.29 Å². The minimum Gasteiger partial charge on any atom is -0.459 e. The van der Waals surface area contributed by atoms with Gasteiger partial charge in [-0.05, 0) is 50.6 Å². The maximum absolute atomic E-state index is 13.5. The first-order chi connectivity index (χ1) is 14.0. The number of likely N-dealkylation sites (N-methyl/N-ethyl adjacent to an activating group) is 1. The molecule has 3 rings (SSSR count). The first kappa shape index (κ1) is 21.7. The van der Waals surface area contributed by atoms with Gasteiger partial charge in [-0.25, -0.2) is 4.39 Å². The maximum Gasteiger partial charge on any atom is 0.288 e. The molecule has 2 heterocycles. The summed E-state index contributed by atoms with van der Waals surface area (Å²) in [4.78, 5) is 17.1. The molecule has 0 saturated carbocycles. The Morgan fingerprint density at radius 2 is 1.93 bits per heavy atom. The van der Waals surface area contributed by atoms with E-state index in [2.05, 4.69) is 4.90 Å². The quantitative estimate of drug-likeness (QED) is 0.753. The number of ether oxygens (including phenoxy) is 2. The molecular weight excluding hydrogens is 375 g/mol. The molecule has 3 atom stereocenters. The maximum atomic E-state index is 13.5. The van der Waals surface area contributed by atoms with E-state index in [9.17, 15) is 14.3 Å². The molecule has 0 unspecified atom stereocenters. The van der Waals surface area contributed by atoms with E-state index >= 15 is 0 Å². The zero-order chi connectivity index (χ0) is 20.8. The summed E-state index contributed by atoms with van der Waals surface area (Å²) in [5.41, 5.74) is 0.908. The second kappa shape index (κ2) is 10.2. The summed E-state index contributed by atoms with van der Waals surface area (Å²) in [5.74, 6) is -0.361. The summed E-state index contributed by atoms with van der Waals surface area (Å²) in [6.07, 6.45) is 2.55. The first-order valence-electron chi connectivity index (χ1n) is 10.4. The largest absolute Gasteiger partial charge is 0.459 e. The standard InChI is InChI=1S/C22H31FN2O4/c1-3-28-22-18(5-4-14-26)19(16-6-8-17(23)9-7-16)15-20(29-22)21(27)25-12-10-24(2)11-13-25/h6-9,15,18-19,22,26H,3-5,10-14H2,1-2H3/t18-,19+,22+/m1/s1. The topological polar surface area (TPSA) is 62.2 Å². The number of carbonyl (C=O) groups excluding carboxylic acids is 1. The van der Waals surface area contributed by atoms with Crippen LogP contribution in [0.4, 0.5) is 4.39 Å². The number of piperazine rings is 1. The first-order valence-corrected chi connectivity index (χ1v) is 10.4. The molecule has 160 valence electrons. The van der Waals surface area contributed by atoms with Crippen molar-refractivity contribution in [1.82, 2.24) is 9.80 Å². The van der Waals surface area contributed by atoms with Gasteiger partial charge in [-0.1, -0.05) is 12.1 Å². The van der Waals surface area contributed by atoms with Gasteiger partial charge in [0, 0.05) is 51.2 Å². The second-order valence-corrected chi connectivity index (χ2v) is 7.68. The minimum atomic E-state index is -0.585. The lowest BCUT2D eigenvalue weighted by atomic mass is 9.80. The van der Waals surface area contributed by atoms with E-state index in [0.717, 1.165) is 18.7 Å². The van der Waals surface area contributed by atoms with E-state index in [1.54, 1.807) is 12.1 Å². The molecule has 0 radical (unpaired) electrons. The van der Waals surface area contributed by atoms with E-state index in [1.807, 2.05) is 24.9 Å². The molecule has 1 fully saturated rings. The third kappa shape index (κ3) is 5.35. The normalized spacial score (nSPS) is 25.4. The van der Waals surface area contributed by atoms with Crippen LogP contribution in [0.1, 0.15) is 31.2 Å². The number of amides is 1. The van der Waals surface area contributed by atoms with Gasteiger partial charge in [0.25, 0.3) is 5.91 Å². The van der Waals surface area contributed by atoms with Crippen LogP contribution in [0.15, 0.2) is 36.1 Å². The number of hydrogen-bond acceptors (Lipinski definition) is 5. The van der Waals surface area contributed by atoms with Crippen molar-refractivity contribution in [1.29, 1.82) is 0 Å². The molecule has 7 heteroatoms. The molecule has 1 N–H and O–H groups in total. The predicted molar refractivity (Wildman–Crippen MR) is 108 cm³/mol. The van der Waals surface area contributed by atoms with Gasteiger partial charge in [0.2, 0.25) is 6.29 Å². The van der Waals surface area contributed by atoms with Gasteiger partial charge in [0.15, 0.2) is 5.76 Å². The number of allylic oxidation sites excluding steroid dienone is 1. The average Bonchev–Trinajstić information content (AvgIpc) is 2.73. The Balaban J connectivity index is 1.90. The van der Waals surface area contributed by atoms with Crippen LogP contribution in [0.5, 0.6) is 0 Å². The van der Waals surface area contributed by atoms with Gasteiger partial charge < -0.3 is 24.4 Å². The molecule has 29 heavy (non-hydrogen) atoms. The van der Waals surface area contributed by atoms with Crippen molar-refractivity contribution in [3.8, 4) is 0 Å². The van der Waals surface area contributed by atoms with Gasteiger partial charge in [0.05, 0.1) is 0 Å². The van der Waals surface area contributed by atoms with Gasteiger partial charge in [-0.3, -0.25) is 4.79 Å². The molecule has 0 bridgehead atoms. The Bertz CT molecular complexity index is 701. The molecule has 1 saturated heterocycles. The summed E-state index contributed by atoms with van der Waals surface area (Å²) in [5, 5.41) is 9.33. The monoisotopic (exact) mass is 406 g/mol. The van der Waals surface area contributed by atoms with E-state index in [0.29, 0.717) is 38.3 Å². The van der Waals surface area contributed by atoms with Crippen molar-refractivity contribution in [2.75, 3.05) is 46.4 Å². The molecule has 2 aliphatic rings. The number of halogens is 1. The molecule has 1 aromatic rings. The van der Waals surface area contributed by atoms with Crippen molar-refractivity contribution in [3.05, 3.63) is 47.5 Å². The minimum absolute atomic E-state index is 0.0717. The molecule has 1 amide bonds. The molecule has 6 nitrogen and oxygen atoms in total. The van der Waals surface area contributed by atoms with Crippen LogP contribution in [0.25, 0.3) is 0 Å². The average molecular weight is 406 g/mol. The van der Waals surface area contributed by atoms with Crippen molar-refractivity contribution < 1.29 is 23.8 Å².